The Hall–Kier alpha value is -1.57. The summed E-state index contributed by atoms with van der Waals surface area (Å²) in [6, 6.07) is 0. The van der Waals surface area contributed by atoms with Crippen molar-refractivity contribution >= 4 is 5.97 Å². The first kappa shape index (κ1) is 21.1. The van der Waals surface area contributed by atoms with Crippen LogP contribution in [-0.2, 0) is 23.7 Å². The number of methoxy groups -OCH3 is 1. The Balaban J connectivity index is 1.84. The number of rotatable bonds is 5. The Morgan fingerprint density at radius 3 is 2.39 bits per heavy atom. The van der Waals surface area contributed by atoms with Crippen LogP contribution in [0.4, 0.5) is 0 Å². The predicted octanol–water partition coefficient (Wildman–Crippen LogP) is -3.26. The van der Waals surface area contributed by atoms with Gasteiger partial charge in [0.15, 0.2) is 6.29 Å². The number of aliphatic hydroxyl groups excluding tert-OH is 6. The van der Waals surface area contributed by atoms with Gasteiger partial charge in [-0.05, 0) is 5.57 Å². The van der Waals surface area contributed by atoms with Crippen LogP contribution in [0.15, 0.2) is 23.5 Å². The largest absolute Gasteiger partial charge is 0.471 e. The third-order valence-corrected chi connectivity index (χ3v) is 5.27. The van der Waals surface area contributed by atoms with Crippen LogP contribution in [0, 0.1) is 11.8 Å². The summed E-state index contributed by atoms with van der Waals surface area (Å²) in [5.74, 6) is -2.34. The molecule has 11 heteroatoms. The molecule has 0 amide bonds. The molecule has 0 unspecified atom stereocenters. The summed E-state index contributed by atoms with van der Waals surface area (Å²) >= 11 is 0. The van der Waals surface area contributed by atoms with Gasteiger partial charge in [0.2, 0.25) is 6.29 Å². The number of carbonyl (C=O) groups is 1. The molecule has 28 heavy (non-hydrogen) atoms. The summed E-state index contributed by atoms with van der Waals surface area (Å²) < 4.78 is 21.1. The number of hydrogen-bond acceptors (Lipinski definition) is 11. The van der Waals surface area contributed by atoms with Crippen LogP contribution in [0.25, 0.3) is 0 Å². The standard InChI is InChI=1S/C17H24O11/c1-25-15(24)7-5-26-16(10-6(3-18)2-8(20)11(7)10)28-17-14(23)13(22)12(21)9(4-19)27-17/h2,5,8-14,16-23H,3-4H2,1H3/t8-,9+,10-,11+,12-,13-,14-,16-,17-/m1/s1. The third kappa shape index (κ3) is 3.55. The number of esters is 1. The van der Waals surface area contributed by atoms with Gasteiger partial charge in [-0.15, -0.1) is 0 Å². The lowest BCUT2D eigenvalue weighted by molar-refractivity contribution is -0.340. The van der Waals surface area contributed by atoms with Gasteiger partial charge in [-0.3, -0.25) is 0 Å². The second-order valence-corrected chi connectivity index (χ2v) is 6.84. The fraction of sp³-hybridized carbons (Fsp3) is 0.706. The average Bonchev–Trinajstić information content (AvgIpc) is 3.05. The van der Waals surface area contributed by atoms with Crippen LogP contribution < -0.4 is 0 Å². The van der Waals surface area contributed by atoms with E-state index >= 15 is 0 Å². The molecule has 0 aromatic carbocycles. The SMILES string of the molecule is COC(=O)C1=CO[C@H](O[C@H]2O[C@@H](CO)[C@@H](O)[C@@H](O)[C@H]2O)[C@@H]2C(CO)=C[C@@H](O)[C@H]12. The summed E-state index contributed by atoms with van der Waals surface area (Å²) in [7, 11) is 1.18. The van der Waals surface area contributed by atoms with Crippen LogP contribution >= 0.6 is 0 Å². The molecular weight excluding hydrogens is 380 g/mol. The predicted molar refractivity (Wildman–Crippen MR) is 88.0 cm³/mol. The van der Waals surface area contributed by atoms with E-state index in [1.54, 1.807) is 0 Å². The maximum atomic E-state index is 12.0. The minimum absolute atomic E-state index is 0.0494. The Kier molecular flexibility index (Phi) is 6.37. The van der Waals surface area contributed by atoms with E-state index in [1.807, 2.05) is 0 Å². The van der Waals surface area contributed by atoms with Gasteiger partial charge in [0.25, 0.3) is 0 Å². The second-order valence-electron chi connectivity index (χ2n) is 6.84. The van der Waals surface area contributed by atoms with Gasteiger partial charge < -0.3 is 49.6 Å². The number of hydrogen-bond donors (Lipinski definition) is 6. The zero-order valence-electron chi connectivity index (χ0n) is 15.0. The van der Waals surface area contributed by atoms with Crippen molar-refractivity contribution < 1.29 is 54.4 Å². The van der Waals surface area contributed by atoms with Gasteiger partial charge in [-0.25, -0.2) is 4.79 Å². The van der Waals surface area contributed by atoms with Crippen molar-refractivity contribution in [3.05, 3.63) is 23.5 Å². The molecule has 3 aliphatic rings. The number of ether oxygens (including phenoxy) is 4. The zero-order valence-corrected chi connectivity index (χ0v) is 15.0. The Morgan fingerprint density at radius 2 is 1.79 bits per heavy atom. The fourth-order valence-corrected chi connectivity index (χ4v) is 3.79. The number of fused-ring (bicyclic) bond motifs is 1. The highest BCUT2D eigenvalue weighted by molar-refractivity contribution is 5.89. The Labute approximate surface area is 160 Å². The normalized spacial score (nSPS) is 42.9. The lowest BCUT2D eigenvalue weighted by Crippen LogP contribution is -2.60. The number of carbonyl (C=O) groups excluding carboxylic acids is 1. The maximum absolute atomic E-state index is 12.0. The molecule has 2 heterocycles. The van der Waals surface area contributed by atoms with Crippen LogP contribution in [0.5, 0.6) is 0 Å². The topological polar surface area (TPSA) is 175 Å². The molecule has 1 fully saturated rings. The molecule has 2 aliphatic heterocycles. The Morgan fingerprint density at radius 1 is 1.07 bits per heavy atom. The highest BCUT2D eigenvalue weighted by atomic mass is 16.8. The molecule has 11 nitrogen and oxygen atoms in total. The first-order chi connectivity index (χ1) is 13.3. The lowest BCUT2D eigenvalue weighted by atomic mass is 9.82. The van der Waals surface area contributed by atoms with Crippen LogP contribution in [0.2, 0.25) is 0 Å². The van der Waals surface area contributed by atoms with E-state index < -0.39 is 74.1 Å². The summed E-state index contributed by atoms with van der Waals surface area (Å²) in [5.41, 5.74) is 0.398. The first-order valence-electron chi connectivity index (χ1n) is 8.73. The molecule has 1 saturated heterocycles. The van der Waals surface area contributed by atoms with Gasteiger partial charge in [-0.2, -0.15) is 0 Å². The van der Waals surface area contributed by atoms with Crippen molar-refractivity contribution in [3.8, 4) is 0 Å². The summed E-state index contributed by atoms with van der Waals surface area (Å²) in [4.78, 5) is 12.0. The average molecular weight is 404 g/mol. The monoisotopic (exact) mass is 404 g/mol. The molecule has 1 aliphatic carbocycles. The first-order valence-corrected chi connectivity index (χ1v) is 8.73. The molecule has 9 atom stereocenters. The fourth-order valence-electron chi connectivity index (χ4n) is 3.79. The van der Waals surface area contributed by atoms with E-state index in [0.29, 0.717) is 5.57 Å². The van der Waals surface area contributed by atoms with Gasteiger partial charge in [-0.1, -0.05) is 6.08 Å². The smallest absolute Gasteiger partial charge is 0.337 e. The maximum Gasteiger partial charge on any atom is 0.337 e. The summed E-state index contributed by atoms with van der Waals surface area (Å²) in [6.07, 6.45) is -7.36. The molecule has 0 radical (unpaired) electrons. The molecule has 158 valence electrons. The quantitative estimate of drug-likeness (QED) is 0.200. The van der Waals surface area contributed by atoms with Crippen molar-refractivity contribution in [2.45, 2.75) is 43.1 Å². The van der Waals surface area contributed by atoms with Crippen LogP contribution in [0.3, 0.4) is 0 Å². The lowest BCUT2D eigenvalue weighted by Gasteiger charge is -2.43. The molecule has 3 rings (SSSR count). The van der Waals surface area contributed by atoms with Crippen LogP contribution in [-0.4, -0.2) is 100 Å². The molecule has 6 N–H and O–H groups in total. The highest BCUT2D eigenvalue weighted by Crippen LogP contribution is 2.44. The highest BCUT2D eigenvalue weighted by Gasteiger charge is 2.52. The van der Waals surface area contributed by atoms with Crippen molar-refractivity contribution in [1.29, 1.82) is 0 Å². The van der Waals surface area contributed by atoms with Gasteiger partial charge >= 0.3 is 5.97 Å². The van der Waals surface area contributed by atoms with Crippen LogP contribution in [0.1, 0.15) is 0 Å². The molecular formula is C17H24O11. The third-order valence-electron chi connectivity index (χ3n) is 5.27. The van der Waals surface area contributed by atoms with Gasteiger partial charge in [0.1, 0.15) is 24.4 Å². The summed E-state index contributed by atoms with van der Waals surface area (Å²) in [5, 5.41) is 59.1. The number of aliphatic hydroxyl groups is 6. The van der Waals surface area contributed by atoms with Crippen molar-refractivity contribution in [1.82, 2.24) is 0 Å². The van der Waals surface area contributed by atoms with Crippen molar-refractivity contribution in [2.75, 3.05) is 20.3 Å². The van der Waals surface area contributed by atoms with E-state index in [2.05, 4.69) is 0 Å². The summed E-state index contributed by atoms with van der Waals surface area (Å²) in [6.45, 7) is -1.07. The van der Waals surface area contributed by atoms with Gasteiger partial charge in [0, 0.05) is 5.92 Å². The van der Waals surface area contributed by atoms with E-state index in [1.165, 1.54) is 13.2 Å². The van der Waals surface area contributed by atoms with E-state index in [4.69, 9.17) is 18.9 Å². The van der Waals surface area contributed by atoms with Crippen molar-refractivity contribution in [2.24, 2.45) is 11.8 Å². The Bertz CT molecular complexity index is 645. The second kappa shape index (κ2) is 8.43. The minimum atomic E-state index is -1.65. The minimum Gasteiger partial charge on any atom is -0.471 e. The van der Waals surface area contributed by atoms with E-state index in [0.717, 1.165) is 6.26 Å². The zero-order chi connectivity index (χ0) is 20.6. The molecule has 0 aromatic rings. The van der Waals surface area contributed by atoms with E-state index in [-0.39, 0.29) is 5.57 Å². The van der Waals surface area contributed by atoms with E-state index in [9.17, 15) is 35.4 Å². The molecule has 0 aromatic heterocycles. The molecule has 0 spiro atoms. The van der Waals surface area contributed by atoms with Crippen molar-refractivity contribution in [3.63, 3.8) is 0 Å². The molecule has 0 saturated carbocycles. The van der Waals surface area contributed by atoms with Gasteiger partial charge in [0.05, 0.1) is 44.2 Å². The molecule has 0 bridgehead atoms.